The quantitative estimate of drug-likeness (QED) is 0.649. The fraction of sp³-hybridized carbons (Fsp3) is 0.667. The summed E-state index contributed by atoms with van der Waals surface area (Å²) >= 11 is 0. The number of hydrogen-bond donors (Lipinski definition) is 3. The number of nitrogens with one attached hydrogen (secondary N) is 2. The van der Waals surface area contributed by atoms with Crippen molar-refractivity contribution in [2.24, 2.45) is 11.1 Å². The Morgan fingerprint density at radius 2 is 1.81 bits per heavy atom. The molecule has 6 nitrogen and oxygen atoms in total. The number of hydrogen-bond acceptors (Lipinski definition) is 5. The maximum atomic E-state index is 11.4. The van der Waals surface area contributed by atoms with Crippen LogP contribution in [0.15, 0.2) is 6.33 Å². The molecule has 1 rings (SSSR count). The molecule has 0 atom stereocenters. The Kier molecular flexibility index (Phi) is 6.39. The lowest BCUT2D eigenvalue weighted by molar-refractivity contribution is -0.125. The van der Waals surface area contributed by atoms with Crippen LogP contribution < -0.4 is 16.4 Å². The molecule has 0 bridgehead atoms. The minimum absolute atomic E-state index is 0.328. The molecule has 118 valence electrons. The zero-order chi connectivity index (χ0) is 15.9. The van der Waals surface area contributed by atoms with Crippen LogP contribution in [0.3, 0.4) is 0 Å². The first-order valence-corrected chi connectivity index (χ1v) is 7.53. The molecule has 0 unspecified atom stereocenters. The third-order valence-electron chi connectivity index (χ3n) is 3.35. The van der Waals surface area contributed by atoms with Gasteiger partial charge in [-0.25, -0.2) is 9.97 Å². The Morgan fingerprint density at radius 3 is 2.33 bits per heavy atom. The topological polar surface area (TPSA) is 92.9 Å². The van der Waals surface area contributed by atoms with Crippen LogP contribution in [0.5, 0.6) is 0 Å². The van der Waals surface area contributed by atoms with Crippen LogP contribution >= 0.6 is 0 Å². The van der Waals surface area contributed by atoms with E-state index in [1.807, 2.05) is 13.8 Å². The molecule has 0 saturated carbocycles. The predicted molar refractivity (Wildman–Crippen MR) is 86.3 cm³/mol. The fourth-order valence-electron chi connectivity index (χ4n) is 1.84. The minimum atomic E-state index is -0.620. The van der Waals surface area contributed by atoms with Crippen molar-refractivity contribution >= 4 is 17.5 Å². The summed E-state index contributed by atoms with van der Waals surface area (Å²) < 4.78 is 0. The maximum absolute atomic E-state index is 11.4. The number of nitrogens with two attached hydrogens (primary N) is 1. The van der Waals surface area contributed by atoms with E-state index in [0.717, 1.165) is 43.0 Å². The van der Waals surface area contributed by atoms with Gasteiger partial charge < -0.3 is 16.4 Å². The number of carbonyl (C=O) groups excluding carboxylic acids is 1. The van der Waals surface area contributed by atoms with Crippen molar-refractivity contribution in [1.82, 2.24) is 9.97 Å². The zero-order valence-corrected chi connectivity index (χ0v) is 13.5. The largest absolute Gasteiger partial charge is 0.370 e. The summed E-state index contributed by atoms with van der Waals surface area (Å²) in [6, 6.07) is 0. The molecule has 1 aromatic rings. The number of rotatable bonds is 9. The third-order valence-corrected chi connectivity index (χ3v) is 3.35. The molecule has 0 aromatic carbocycles. The van der Waals surface area contributed by atoms with Gasteiger partial charge in [-0.1, -0.05) is 20.3 Å². The second-order valence-electron chi connectivity index (χ2n) is 5.83. The van der Waals surface area contributed by atoms with Crippen molar-refractivity contribution < 1.29 is 4.79 Å². The van der Waals surface area contributed by atoms with Gasteiger partial charge in [-0.05, 0) is 26.7 Å². The number of carbonyl (C=O) groups is 1. The molecule has 1 amide bonds. The van der Waals surface area contributed by atoms with Crippen molar-refractivity contribution in [3.63, 3.8) is 0 Å². The van der Waals surface area contributed by atoms with Gasteiger partial charge in [-0.2, -0.15) is 0 Å². The van der Waals surface area contributed by atoms with Gasteiger partial charge in [0.1, 0.15) is 18.0 Å². The molecule has 21 heavy (non-hydrogen) atoms. The molecular formula is C15H27N5O. The van der Waals surface area contributed by atoms with E-state index in [-0.39, 0.29) is 5.91 Å². The van der Waals surface area contributed by atoms with Gasteiger partial charge in [-0.15, -0.1) is 0 Å². The average Bonchev–Trinajstić information content (AvgIpc) is 2.44. The highest BCUT2D eigenvalue weighted by Gasteiger charge is 2.25. The van der Waals surface area contributed by atoms with E-state index in [1.54, 1.807) is 0 Å². The van der Waals surface area contributed by atoms with Gasteiger partial charge in [0.05, 0.1) is 5.41 Å². The first kappa shape index (κ1) is 17.2. The number of anilines is 2. The summed E-state index contributed by atoms with van der Waals surface area (Å²) in [4.78, 5) is 20.0. The van der Waals surface area contributed by atoms with Crippen LogP contribution in [-0.4, -0.2) is 29.0 Å². The summed E-state index contributed by atoms with van der Waals surface area (Å²) in [5.41, 5.74) is 5.85. The van der Waals surface area contributed by atoms with Crippen molar-refractivity contribution in [2.45, 2.75) is 47.0 Å². The summed E-state index contributed by atoms with van der Waals surface area (Å²) in [6.07, 6.45) is 4.46. The van der Waals surface area contributed by atoms with Crippen LogP contribution in [0.25, 0.3) is 0 Å². The van der Waals surface area contributed by atoms with E-state index in [9.17, 15) is 4.79 Å². The van der Waals surface area contributed by atoms with E-state index in [2.05, 4.69) is 34.4 Å². The van der Waals surface area contributed by atoms with Gasteiger partial charge in [0.25, 0.3) is 0 Å². The van der Waals surface area contributed by atoms with Crippen LogP contribution in [0.1, 0.15) is 46.1 Å². The number of amides is 1. The smallest absolute Gasteiger partial charge is 0.224 e. The Bertz CT molecular complexity index is 473. The Balaban J connectivity index is 2.92. The molecule has 0 aliphatic heterocycles. The SMILES string of the molecule is CCCNc1ncnc(NCC(C)(C)C(N)=O)c1CCC. The second kappa shape index (κ2) is 7.81. The molecule has 1 aromatic heterocycles. The van der Waals surface area contributed by atoms with E-state index in [4.69, 9.17) is 5.73 Å². The lowest BCUT2D eigenvalue weighted by Crippen LogP contribution is -2.37. The molecular weight excluding hydrogens is 266 g/mol. The van der Waals surface area contributed by atoms with Crippen LogP contribution in [0.2, 0.25) is 0 Å². The van der Waals surface area contributed by atoms with Gasteiger partial charge >= 0.3 is 0 Å². The Labute approximate surface area is 126 Å². The molecule has 4 N–H and O–H groups in total. The molecule has 0 saturated heterocycles. The molecule has 6 heteroatoms. The van der Waals surface area contributed by atoms with Crippen molar-refractivity contribution in [1.29, 1.82) is 0 Å². The highest BCUT2D eigenvalue weighted by Crippen LogP contribution is 2.23. The molecule has 0 aliphatic carbocycles. The standard InChI is InChI=1S/C15H27N5O/c1-5-7-11-12(17-8-6-2)19-10-20-13(11)18-9-15(3,4)14(16)21/h10H,5-9H2,1-4H3,(H2,16,21)(H2,17,18,19,20). The molecule has 1 heterocycles. The highest BCUT2D eigenvalue weighted by atomic mass is 16.1. The van der Waals surface area contributed by atoms with Crippen molar-refractivity contribution in [2.75, 3.05) is 23.7 Å². The summed E-state index contributed by atoms with van der Waals surface area (Å²) in [6.45, 7) is 9.19. The normalized spacial score (nSPS) is 11.2. The monoisotopic (exact) mass is 293 g/mol. The van der Waals surface area contributed by atoms with E-state index < -0.39 is 5.41 Å². The second-order valence-corrected chi connectivity index (χ2v) is 5.83. The van der Waals surface area contributed by atoms with Crippen molar-refractivity contribution in [3.05, 3.63) is 11.9 Å². The third kappa shape index (κ3) is 4.88. The van der Waals surface area contributed by atoms with Gasteiger partial charge in [0.2, 0.25) is 5.91 Å². The van der Waals surface area contributed by atoms with Gasteiger partial charge in [0, 0.05) is 18.7 Å². The summed E-state index contributed by atoms with van der Waals surface area (Å²) in [7, 11) is 0. The minimum Gasteiger partial charge on any atom is -0.370 e. The van der Waals surface area contributed by atoms with E-state index >= 15 is 0 Å². The van der Waals surface area contributed by atoms with Crippen molar-refractivity contribution in [3.8, 4) is 0 Å². The zero-order valence-electron chi connectivity index (χ0n) is 13.5. The number of nitrogens with zero attached hydrogens (tertiary/aromatic N) is 2. The first-order valence-electron chi connectivity index (χ1n) is 7.53. The molecule has 0 aliphatic rings. The Morgan fingerprint density at radius 1 is 1.19 bits per heavy atom. The molecule has 0 radical (unpaired) electrons. The first-order chi connectivity index (χ1) is 9.92. The lowest BCUT2D eigenvalue weighted by atomic mass is 9.92. The van der Waals surface area contributed by atoms with Gasteiger partial charge in [-0.3, -0.25) is 4.79 Å². The molecule has 0 fully saturated rings. The average molecular weight is 293 g/mol. The Hall–Kier alpha value is -1.85. The predicted octanol–water partition coefficient (Wildman–Crippen LogP) is 2.17. The van der Waals surface area contributed by atoms with Gasteiger partial charge in [0.15, 0.2) is 0 Å². The van der Waals surface area contributed by atoms with Crippen LogP contribution in [0, 0.1) is 5.41 Å². The number of primary amides is 1. The van der Waals surface area contributed by atoms with Crippen LogP contribution in [-0.2, 0) is 11.2 Å². The van der Waals surface area contributed by atoms with E-state index in [0.29, 0.717) is 6.54 Å². The maximum Gasteiger partial charge on any atom is 0.224 e. The fourth-order valence-corrected chi connectivity index (χ4v) is 1.84. The van der Waals surface area contributed by atoms with E-state index in [1.165, 1.54) is 6.33 Å². The van der Waals surface area contributed by atoms with Crippen LogP contribution in [0.4, 0.5) is 11.6 Å². The summed E-state index contributed by atoms with van der Waals surface area (Å²) in [5, 5.41) is 6.57. The summed E-state index contributed by atoms with van der Waals surface area (Å²) in [5.74, 6) is 1.32. The molecule has 0 spiro atoms. The highest BCUT2D eigenvalue weighted by molar-refractivity contribution is 5.80. The number of aromatic nitrogens is 2. The lowest BCUT2D eigenvalue weighted by Gasteiger charge is -2.22.